The van der Waals surface area contributed by atoms with Crippen molar-refractivity contribution in [1.82, 2.24) is 4.98 Å². The third kappa shape index (κ3) is 2.07. The smallest absolute Gasteiger partial charge is 0.134 e. The molecule has 0 aliphatic heterocycles. The first kappa shape index (κ1) is 10.8. The van der Waals surface area contributed by atoms with Gasteiger partial charge in [0.1, 0.15) is 5.82 Å². The molecular formula is C14H13BrN2. The number of pyridine rings is 1. The van der Waals surface area contributed by atoms with Gasteiger partial charge in [0.25, 0.3) is 0 Å². The number of anilines is 1. The van der Waals surface area contributed by atoms with Gasteiger partial charge in [-0.25, -0.2) is 4.98 Å². The Hall–Kier alpha value is -1.35. The van der Waals surface area contributed by atoms with Crippen LogP contribution < -0.4 is 5.32 Å². The topological polar surface area (TPSA) is 24.9 Å². The molecule has 1 aliphatic rings. The van der Waals surface area contributed by atoms with Crippen LogP contribution in [-0.4, -0.2) is 11.0 Å². The van der Waals surface area contributed by atoms with Crippen molar-refractivity contribution in [3.05, 3.63) is 47.1 Å². The summed E-state index contributed by atoms with van der Waals surface area (Å²) in [6.45, 7) is 0. The third-order valence-corrected chi connectivity index (χ3v) is 3.79. The predicted octanol–water partition coefficient (Wildman–Crippen LogP) is 4.13. The lowest BCUT2D eigenvalue weighted by atomic mass is 10.1. The molecule has 0 fully saturated rings. The van der Waals surface area contributed by atoms with Gasteiger partial charge < -0.3 is 5.32 Å². The first-order chi connectivity index (χ1) is 8.34. The minimum atomic E-state index is 0.493. The number of hydrogen-bond acceptors (Lipinski definition) is 2. The zero-order chi connectivity index (χ0) is 11.7. The van der Waals surface area contributed by atoms with Gasteiger partial charge in [0.15, 0.2) is 0 Å². The summed E-state index contributed by atoms with van der Waals surface area (Å²) in [5.41, 5.74) is 0. The Balaban J connectivity index is 2.01. The van der Waals surface area contributed by atoms with Crippen molar-refractivity contribution in [2.45, 2.75) is 18.9 Å². The molecular weight excluding hydrogens is 276 g/mol. The number of nitrogens with one attached hydrogen (secondary N) is 1. The molecule has 0 amide bonds. The van der Waals surface area contributed by atoms with Crippen LogP contribution in [0.25, 0.3) is 10.8 Å². The van der Waals surface area contributed by atoms with Gasteiger partial charge in [0.2, 0.25) is 0 Å². The molecule has 0 atom stereocenters. The van der Waals surface area contributed by atoms with Crippen molar-refractivity contribution in [2.75, 3.05) is 5.32 Å². The van der Waals surface area contributed by atoms with E-state index in [0.717, 1.165) is 23.1 Å². The van der Waals surface area contributed by atoms with E-state index in [-0.39, 0.29) is 0 Å². The van der Waals surface area contributed by atoms with Gasteiger partial charge >= 0.3 is 0 Å². The zero-order valence-corrected chi connectivity index (χ0v) is 10.9. The van der Waals surface area contributed by atoms with Crippen molar-refractivity contribution < 1.29 is 0 Å². The largest absolute Gasteiger partial charge is 0.366 e. The van der Waals surface area contributed by atoms with E-state index in [2.05, 4.69) is 50.5 Å². The highest BCUT2D eigenvalue weighted by Gasteiger charge is 2.12. The van der Waals surface area contributed by atoms with E-state index in [1.54, 1.807) is 0 Å². The van der Waals surface area contributed by atoms with E-state index in [1.165, 1.54) is 10.8 Å². The molecule has 1 aromatic heterocycles. The molecule has 1 heterocycles. The fraction of sp³-hybridized carbons (Fsp3) is 0.214. The van der Waals surface area contributed by atoms with Gasteiger partial charge in [-0.05, 0) is 25.0 Å². The molecule has 0 unspecified atom stereocenters. The standard InChI is InChI=1S/C14H13BrN2/c15-13-7-3-6-12-11(13)8-9-16-14(12)17-10-4-1-2-5-10/h1-3,6-10H,4-5H2,(H,16,17). The van der Waals surface area contributed by atoms with Gasteiger partial charge in [-0.3, -0.25) is 0 Å². The van der Waals surface area contributed by atoms with Gasteiger partial charge in [-0.1, -0.05) is 40.2 Å². The Morgan fingerprint density at radius 1 is 1.12 bits per heavy atom. The van der Waals surface area contributed by atoms with Gasteiger partial charge in [0, 0.05) is 27.5 Å². The molecule has 0 saturated carbocycles. The molecule has 2 nitrogen and oxygen atoms in total. The van der Waals surface area contributed by atoms with Crippen LogP contribution in [0.1, 0.15) is 12.8 Å². The number of fused-ring (bicyclic) bond motifs is 1. The van der Waals surface area contributed by atoms with Crippen molar-refractivity contribution in [3.63, 3.8) is 0 Å². The van der Waals surface area contributed by atoms with Crippen LogP contribution in [-0.2, 0) is 0 Å². The van der Waals surface area contributed by atoms with E-state index < -0.39 is 0 Å². The summed E-state index contributed by atoms with van der Waals surface area (Å²) in [4.78, 5) is 4.45. The molecule has 2 aromatic rings. The number of halogens is 1. The van der Waals surface area contributed by atoms with Crippen molar-refractivity contribution in [3.8, 4) is 0 Å². The van der Waals surface area contributed by atoms with Crippen LogP contribution in [0, 0.1) is 0 Å². The summed E-state index contributed by atoms with van der Waals surface area (Å²) >= 11 is 3.58. The minimum absolute atomic E-state index is 0.493. The maximum Gasteiger partial charge on any atom is 0.134 e. The fourth-order valence-electron chi connectivity index (χ4n) is 2.21. The molecule has 0 radical (unpaired) electrons. The Kier molecular flexibility index (Phi) is 2.85. The summed E-state index contributed by atoms with van der Waals surface area (Å²) in [6.07, 6.45) is 8.48. The van der Waals surface area contributed by atoms with Crippen LogP contribution >= 0.6 is 15.9 Å². The molecule has 1 aromatic carbocycles. The molecule has 1 aliphatic carbocycles. The Morgan fingerprint density at radius 2 is 1.94 bits per heavy atom. The molecule has 0 spiro atoms. The maximum absolute atomic E-state index is 4.45. The average Bonchev–Trinajstić information content (AvgIpc) is 2.83. The number of nitrogens with zero attached hydrogens (tertiary/aromatic N) is 1. The number of benzene rings is 1. The zero-order valence-electron chi connectivity index (χ0n) is 9.36. The fourth-order valence-corrected chi connectivity index (χ4v) is 2.71. The second-order valence-electron chi connectivity index (χ2n) is 4.28. The number of hydrogen-bond donors (Lipinski definition) is 1. The first-order valence-electron chi connectivity index (χ1n) is 5.79. The second-order valence-corrected chi connectivity index (χ2v) is 5.13. The summed E-state index contributed by atoms with van der Waals surface area (Å²) in [7, 11) is 0. The highest BCUT2D eigenvalue weighted by Crippen LogP contribution is 2.28. The SMILES string of the molecule is Brc1cccc2c(NC3CC=CC3)nccc12. The Labute approximate surface area is 109 Å². The Morgan fingerprint density at radius 3 is 2.76 bits per heavy atom. The summed E-state index contributed by atoms with van der Waals surface area (Å²) < 4.78 is 1.12. The van der Waals surface area contributed by atoms with Crippen LogP contribution in [0.4, 0.5) is 5.82 Å². The molecule has 3 heteroatoms. The lowest BCUT2D eigenvalue weighted by Gasteiger charge is -2.14. The molecule has 0 bridgehead atoms. The molecule has 86 valence electrons. The monoisotopic (exact) mass is 288 g/mol. The highest BCUT2D eigenvalue weighted by molar-refractivity contribution is 9.10. The second kappa shape index (κ2) is 4.49. The highest BCUT2D eigenvalue weighted by atomic mass is 79.9. The number of rotatable bonds is 2. The summed E-state index contributed by atoms with van der Waals surface area (Å²) in [5, 5.41) is 5.90. The molecule has 1 N–H and O–H groups in total. The van der Waals surface area contributed by atoms with Gasteiger partial charge in [0.05, 0.1) is 0 Å². The average molecular weight is 289 g/mol. The van der Waals surface area contributed by atoms with Crippen LogP contribution in [0.15, 0.2) is 47.1 Å². The van der Waals surface area contributed by atoms with E-state index >= 15 is 0 Å². The van der Waals surface area contributed by atoms with Crippen molar-refractivity contribution >= 4 is 32.5 Å². The van der Waals surface area contributed by atoms with Gasteiger partial charge in [-0.2, -0.15) is 0 Å². The Bertz CT molecular complexity index is 569. The molecule has 17 heavy (non-hydrogen) atoms. The molecule has 0 saturated heterocycles. The third-order valence-electron chi connectivity index (χ3n) is 3.10. The van der Waals surface area contributed by atoms with Gasteiger partial charge in [-0.15, -0.1) is 0 Å². The number of aromatic nitrogens is 1. The summed E-state index contributed by atoms with van der Waals surface area (Å²) in [6, 6.07) is 8.75. The van der Waals surface area contributed by atoms with Crippen LogP contribution in [0.2, 0.25) is 0 Å². The molecule has 3 rings (SSSR count). The van der Waals surface area contributed by atoms with Crippen LogP contribution in [0.3, 0.4) is 0 Å². The summed E-state index contributed by atoms with van der Waals surface area (Å²) in [5.74, 6) is 0.984. The normalized spacial score (nSPS) is 15.6. The van der Waals surface area contributed by atoms with E-state index in [4.69, 9.17) is 0 Å². The maximum atomic E-state index is 4.45. The first-order valence-corrected chi connectivity index (χ1v) is 6.58. The van der Waals surface area contributed by atoms with E-state index in [1.807, 2.05) is 18.3 Å². The minimum Gasteiger partial charge on any atom is -0.366 e. The quantitative estimate of drug-likeness (QED) is 0.841. The van der Waals surface area contributed by atoms with Crippen molar-refractivity contribution in [1.29, 1.82) is 0 Å². The van der Waals surface area contributed by atoms with Crippen molar-refractivity contribution in [2.24, 2.45) is 0 Å². The van der Waals surface area contributed by atoms with E-state index in [9.17, 15) is 0 Å². The lowest BCUT2D eigenvalue weighted by Crippen LogP contribution is -2.16. The lowest BCUT2D eigenvalue weighted by molar-refractivity contribution is 0.783. The predicted molar refractivity (Wildman–Crippen MR) is 75.2 cm³/mol. The van der Waals surface area contributed by atoms with Crippen LogP contribution in [0.5, 0.6) is 0 Å². The van der Waals surface area contributed by atoms with E-state index in [0.29, 0.717) is 6.04 Å².